The van der Waals surface area contributed by atoms with E-state index in [9.17, 15) is 9.59 Å². The SMILES string of the molecule is CCN(CC)c1ccc(NC2=C(c3cccs3)C(=O)N(CCCN3CCOCC3)C2=O)cc1. The molecule has 1 N–H and O–H groups in total. The van der Waals surface area contributed by atoms with Crippen molar-refractivity contribution >= 4 is 40.1 Å². The summed E-state index contributed by atoms with van der Waals surface area (Å²) in [6.07, 6.45) is 0.751. The lowest BCUT2D eigenvalue weighted by Crippen LogP contribution is -2.39. The van der Waals surface area contributed by atoms with Crippen LogP contribution in [0.1, 0.15) is 25.1 Å². The van der Waals surface area contributed by atoms with Gasteiger partial charge in [0.05, 0.1) is 18.8 Å². The third-order valence-corrected chi connectivity index (χ3v) is 7.05. The highest BCUT2D eigenvalue weighted by molar-refractivity contribution is 7.11. The number of ether oxygens (including phenoxy) is 1. The van der Waals surface area contributed by atoms with Gasteiger partial charge in [-0.05, 0) is 56.0 Å². The van der Waals surface area contributed by atoms with Gasteiger partial charge in [0.2, 0.25) is 0 Å². The van der Waals surface area contributed by atoms with Gasteiger partial charge in [-0.1, -0.05) is 6.07 Å². The van der Waals surface area contributed by atoms with Crippen LogP contribution in [-0.2, 0) is 14.3 Å². The molecule has 7 nitrogen and oxygen atoms in total. The van der Waals surface area contributed by atoms with Crippen molar-refractivity contribution in [2.45, 2.75) is 20.3 Å². The molecule has 0 atom stereocenters. The molecule has 2 amide bonds. The molecule has 2 aliphatic rings. The van der Waals surface area contributed by atoms with Crippen LogP contribution in [0.5, 0.6) is 0 Å². The van der Waals surface area contributed by atoms with Crippen molar-refractivity contribution in [2.24, 2.45) is 0 Å². The van der Waals surface area contributed by atoms with Crippen molar-refractivity contribution in [1.29, 1.82) is 0 Å². The fourth-order valence-corrected chi connectivity index (χ4v) is 5.08. The highest BCUT2D eigenvalue weighted by atomic mass is 32.1. The lowest BCUT2D eigenvalue weighted by Gasteiger charge is -2.27. The molecule has 2 aliphatic heterocycles. The highest BCUT2D eigenvalue weighted by Gasteiger charge is 2.39. The molecular weight excluding hydrogens is 436 g/mol. The summed E-state index contributed by atoms with van der Waals surface area (Å²) in [5, 5.41) is 5.19. The van der Waals surface area contributed by atoms with Crippen molar-refractivity contribution in [3.63, 3.8) is 0 Å². The smallest absolute Gasteiger partial charge is 0.278 e. The molecule has 0 aliphatic carbocycles. The van der Waals surface area contributed by atoms with E-state index < -0.39 is 0 Å². The number of benzene rings is 1. The first kappa shape index (κ1) is 23.5. The Morgan fingerprint density at radius 1 is 1.00 bits per heavy atom. The lowest BCUT2D eigenvalue weighted by atomic mass is 10.1. The summed E-state index contributed by atoms with van der Waals surface area (Å²) in [5.74, 6) is -0.468. The van der Waals surface area contributed by atoms with Gasteiger partial charge >= 0.3 is 0 Å². The van der Waals surface area contributed by atoms with E-state index in [1.54, 1.807) is 0 Å². The lowest BCUT2D eigenvalue weighted by molar-refractivity contribution is -0.136. The minimum Gasteiger partial charge on any atom is -0.379 e. The number of imide groups is 1. The van der Waals surface area contributed by atoms with Crippen molar-refractivity contribution < 1.29 is 14.3 Å². The summed E-state index contributed by atoms with van der Waals surface area (Å²) in [5.41, 5.74) is 2.77. The summed E-state index contributed by atoms with van der Waals surface area (Å²) in [7, 11) is 0. The largest absolute Gasteiger partial charge is 0.379 e. The molecule has 176 valence electrons. The molecule has 3 heterocycles. The van der Waals surface area contributed by atoms with Crippen LogP contribution in [0.2, 0.25) is 0 Å². The van der Waals surface area contributed by atoms with Gasteiger partial charge in [0.25, 0.3) is 11.8 Å². The molecule has 4 rings (SSSR count). The topological polar surface area (TPSA) is 65.1 Å². The number of carbonyl (C=O) groups is 2. The molecule has 2 aromatic rings. The predicted octanol–water partition coefficient (Wildman–Crippen LogP) is 3.51. The van der Waals surface area contributed by atoms with Gasteiger partial charge in [0, 0.05) is 55.5 Å². The van der Waals surface area contributed by atoms with E-state index in [-0.39, 0.29) is 11.8 Å². The van der Waals surface area contributed by atoms with E-state index >= 15 is 0 Å². The number of rotatable bonds is 10. The number of anilines is 2. The third kappa shape index (κ3) is 5.29. The van der Waals surface area contributed by atoms with E-state index in [0.29, 0.717) is 17.8 Å². The Morgan fingerprint density at radius 2 is 1.73 bits per heavy atom. The fraction of sp³-hybridized carbons (Fsp3) is 0.440. The quantitative estimate of drug-likeness (QED) is 0.539. The van der Waals surface area contributed by atoms with E-state index in [4.69, 9.17) is 4.74 Å². The molecule has 1 fully saturated rings. The Morgan fingerprint density at radius 3 is 2.36 bits per heavy atom. The summed E-state index contributed by atoms with van der Waals surface area (Å²) < 4.78 is 5.40. The predicted molar refractivity (Wildman–Crippen MR) is 133 cm³/mol. The number of hydrogen-bond acceptors (Lipinski definition) is 7. The number of hydrogen-bond donors (Lipinski definition) is 1. The Labute approximate surface area is 199 Å². The highest BCUT2D eigenvalue weighted by Crippen LogP contribution is 2.33. The number of morpholine rings is 1. The molecule has 0 bridgehead atoms. The average molecular weight is 469 g/mol. The zero-order chi connectivity index (χ0) is 23.2. The van der Waals surface area contributed by atoms with Crippen molar-refractivity contribution in [2.75, 3.05) is 62.7 Å². The van der Waals surface area contributed by atoms with Gasteiger partial charge in [0.15, 0.2) is 0 Å². The number of thiophene rings is 1. The zero-order valence-corrected chi connectivity index (χ0v) is 20.2. The van der Waals surface area contributed by atoms with Crippen LogP contribution in [-0.4, -0.2) is 74.1 Å². The number of carbonyl (C=O) groups excluding carboxylic acids is 2. The number of nitrogens with zero attached hydrogens (tertiary/aromatic N) is 3. The molecule has 8 heteroatoms. The van der Waals surface area contributed by atoms with Gasteiger partial charge in [-0.15, -0.1) is 11.3 Å². The monoisotopic (exact) mass is 468 g/mol. The zero-order valence-electron chi connectivity index (χ0n) is 19.4. The van der Waals surface area contributed by atoms with Crippen LogP contribution in [0, 0.1) is 0 Å². The maximum atomic E-state index is 13.3. The fourth-order valence-electron chi connectivity index (χ4n) is 4.31. The molecule has 0 spiro atoms. The van der Waals surface area contributed by atoms with E-state index in [0.717, 1.165) is 68.6 Å². The Balaban J connectivity index is 1.50. The molecule has 0 radical (unpaired) electrons. The van der Waals surface area contributed by atoms with E-state index in [1.807, 2.05) is 41.8 Å². The second-order valence-corrected chi connectivity index (χ2v) is 9.09. The second kappa shape index (κ2) is 11.0. The summed E-state index contributed by atoms with van der Waals surface area (Å²) in [6.45, 7) is 10.7. The first-order valence-corrected chi connectivity index (χ1v) is 12.6. The summed E-state index contributed by atoms with van der Waals surface area (Å²) in [4.78, 5) is 33.4. The maximum absolute atomic E-state index is 13.3. The minimum absolute atomic E-state index is 0.216. The average Bonchev–Trinajstić information content (AvgIpc) is 3.44. The summed E-state index contributed by atoms with van der Waals surface area (Å²) >= 11 is 1.47. The molecule has 0 saturated carbocycles. The van der Waals surface area contributed by atoms with Crippen LogP contribution in [0.25, 0.3) is 5.57 Å². The van der Waals surface area contributed by atoms with Crippen LogP contribution in [0.3, 0.4) is 0 Å². The van der Waals surface area contributed by atoms with Gasteiger partial charge in [-0.3, -0.25) is 19.4 Å². The van der Waals surface area contributed by atoms with Crippen LogP contribution >= 0.6 is 11.3 Å². The molecule has 33 heavy (non-hydrogen) atoms. The van der Waals surface area contributed by atoms with Gasteiger partial charge in [-0.2, -0.15) is 0 Å². The maximum Gasteiger partial charge on any atom is 0.278 e. The Bertz CT molecular complexity index is 978. The second-order valence-electron chi connectivity index (χ2n) is 8.14. The van der Waals surface area contributed by atoms with Crippen molar-refractivity contribution in [3.8, 4) is 0 Å². The third-order valence-electron chi connectivity index (χ3n) is 6.16. The normalized spacial score (nSPS) is 17.2. The van der Waals surface area contributed by atoms with Crippen LogP contribution < -0.4 is 10.2 Å². The molecular formula is C25H32N4O3S. The van der Waals surface area contributed by atoms with E-state index in [2.05, 4.69) is 29.0 Å². The standard InChI is InChI=1S/C25H32N4O3S/c1-3-28(4-2)20-10-8-19(9-11-20)26-23-22(21-7-5-18-33-21)24(30)29(25(23)31)13-6-12-27-14-16-32-17-15-27/h5,7-11,18,26H,3-4,6,12-17H2,1-2H3. The first-order valence-electron chi connectivity index (χ1n) is 11.7. The Hall–Kier alpha value is -2.68. The van der Waals surface area contributed by atoms with Gasteiger partial charge in [0.1, 0.15) is 5.70 Å². The van der Waals surface area contributed by atoms with Crippen LogP contribution in [0.15, 0.2) is 47.5 Å². The van der Waals surface area contributed by atoms with Gasteiger partial charge < -0.3 is 15.0 Å². The molecule has 1 aromatic heterocycles. The minimum atomic E-state index is -0.252. The van der Waals surface area contributed by atoms with Crippen molar-refractivity contribution in [1.82, 2.24) is 9.80 Å². The molecule has 0 unspecified atom stereocenters. The van der Waals surface area contributed by atoms with Crippen LogP contribution in [0.4, 0.5) is 11.4 Å². The van der Waals surface area contributed by atoms with E-state index in [1.165, 1.54) is 16.2 Å². The van der Waals surface area contributed by atoms with Crippen molar-refractivity contribution in [3.05, 3.63) is 52.4 Å². The Kier molecular flexibility index (Phi) is 7.80. The molecule has 1 aromatic carbocycles. The number of nitrogens with one attached hydrogen (secondary N) is 1. The first-order chi connectivity index (χ1) is 16.1. The summed E-state index contributed by atoms with van der Waals surface area (Å²) in [6, 6.07) is 11.8. The molecule has 1 saturated heterocycles. The van der Waals surface area contributed by atoms with Gasteiger partial charge in [-0.25, -0.2) is 0 Å². The number of amides is 2.